The Morgan fingerprint density at radius 1 is 1.19 bits per heavy atom. The van der Waals surface area contributed by atoms with E-state index in [9.17, 15) is 0 Å². The van der Waals surface area contributed by atoms with Crippen molar-refractivity contribution in [2.75, 3.05) is 12.8 Å². The van der Waals surface area contributed by atoms with Crippen LogP contribution in [-0.4, -0.2) is 12.1 Å². The Kier molecular flexibility index (Phi) is 2.77. The summed E-state index contributed by atoms with van der Waals surface area (Å²) in [7, 11) is 1.67. The summed E-state index contributed by atoms with van der Waals surface area (Å²) in [6.45, 7) is 2.01. The maximum Gasteiger partial charge on any atom is 0.121 e. The van der Waals surface area contributed by atoms with Crippen molar-refractivity contribution in [3.05, 3.63) is 42.1 Å². The van der Waals surface area contributed by atoms with Crippen LogP contribution in [0.1, 0.15) is 5.56 Å². The number of ether oxygens (including phenoxy) is 1. The largest absolute Gasteiger partial charge is 0.496 e. The minimum absolute atomic E-state index is 0.675. The monoisotopic (exact) mass is 214 g/mol. The highest BCUT2D eigenvalue weighted by atomic mass is 16.5. The normalized spacial score (nSPS) is 10.1. The van der Waals surface area contributed by atoms with Gasteiger partial charge in [-0.1, -0.05) is 0 Å². The van der Waals surface area contributed by atoms with Crippen molar-refractivity contribution >= 4 is 5.69 Å². The molecule has 3 nitrogen and oxygen atoms in total. The summed E-state index contributed by atoms with van der Waals surface area (Å²) in [6.07, 6.45) is 1.66. The van der Waals surface area contributed by atoms with Gasteiger partial charge in [0, 0.05) is 5.56 Å². The number of hydrogen-bond acceptors (Lipinski definition) is 3. The molecule has 82 valence electrons. The van der Waals surface area contributed by atoms with Crippen LogP contribution in [0.4, 0.5) is 5.69 Å². The van der Waals surface area contributed by atoms with Crippen LogP contribution in [0.25, 0.3) is 11.3 Å². The van der Waals surface area contributed by atoms with E-state index in [1.807, 2.05) is 31.2 Å². The van der Waals surface area contributed by atoms with E-state index in [1.165, 1.54) is 0 Å². The third-order valence-electron chi connectivity index (χ3n) is 2.48. The van der Waals surface area contributed by atoms with Crippen molar-refractivity contribution in [2.24, 2.45) is 0 Å². The predicted molar refractivity (Wildman–Crippen MR) is 65.4 cm³/mol. The molecule has 0 aliphatic carbocycles. The van der Waals surface area contributed by atoms with Crippen LogP contribution in [0, 0.1) is 6.92 Å². The Hall–Kier alpha value is -2.03. The van der Waals surface area contributed by atoms with Gasteiger partial charge in [-0.15, -0.1) is 0 Å². The fourth-order valence-electron chi connectivity index (χ4n) is 1.61. The van der Waals surface area contributed by atoms with Crippen LogP contribution in [0.5, 0.6) is 5.75 Å². The molecule has 0 spiro atoms. The molecule has 0 amide bonds. The molecule has 0 aliphatic rings. The fourth-order valence-corrected chi connectivity index (χ4v) is 1.61. The van der Waals surface area contributed by atoms with E-state index in [-0.39, 0.29) is 0 Å². The molecule has 0 saturated carbocycles. The summed E-state index contributed by atoms with van der Waals surface area (Å²) < 4.78 is 5.21. The Balaban J connectivity index is 2.41. The van der Waals surface area contributed by atoms with Gasteiger partial charge in [-0.05, 0) is 42.8 Å². The molecular weight excluding hydrogens is 200 g/mol. The van der Waals surface area contributed by atoms with Crippen molar-refractivity contribution < 1.29 is 4.74 Å². The van der Waals surface area contributed by atoms with Gasteiger partial charge in [0.05, 0.1) is 24.7 Å². The van der Waals surface area contributed by atoms with Crippen LogP contribution >= 0.6 is 0 Å². The lowest BCUT2D eigenvalue weighted by atomic mass is 10.1. The van der Waals surface area contributed by atoms with Gasteiger partial charge in [0.1, 0.15) is 5.75 Å². The quantitative estimate of drug-likeness (QED) is 0.836. The first-order chi connectivity index (χ1) is 7.70. The number of pyridine rings is 1. The highest BCUT2D eigenvalue weighted by Gasteiger charge is 2.02. The van der Waals surface area contributed by atoms with Crippen LogP contribution in [0.3, 0.4) is 0 Å². The molecule has 0 atom stereocenters. The number of methoxy groups -OCH3 is 1. The Morgan fingerprint density at radius 3 is 2.56 bits per heavy atom. The number of nitrogens with two attached hydrogens (primary N) is 1. The van der Waals surface area contributed by atoms with E-state index in [4.69, 9.17) is 10.5 Å². The summed E-state index contributed by atoms with van der Waals surface area (Å²) in [5, 5.41) is 0. The number of benzene rings is 1. The molecule has 1 heterocycles. The van der Waals surface area contributed by atoms with Gasteiger partial charge in [-0.2, -0.15) is 0 Å². The Bertz CT molecular complexity index is 492. The number of nitrogen functional groups attached to an aromatic ring is 1. The summed E-state index contributed by atoms with van der Waals surface area (Å²) in [5.74, 6) is 0.888. The average molecular weight is 214 g/mol. The van der Waals surface area contributed by atoms with Gasteiger partial charge in [-0.3, -0.25) is 4.98 Å². The third-order valence-corrected chi connectivity index (χ3v) is 2.48. The SMILES string of the molecule is COc1ccc(-c2ccc(N)cn2)cc1C. The van der Waals surface area contributed by atoms with Crippen LogP contribution in [0.15, 0.2) is 36.5 Å². The molecule has 16 heavy (non-hydrogen) atoms. The van der Waals surface area contributed by atoms with Crippen molar-refractivity contribution in [1.29, 1.82) is 0 Å². The van der Waals surface area contributed by atoms with Gasteiger partial charge >= 0.3 is 0 Å². The minimum Gasteiger partial charge on any atom is -0.496 e. The molecule has 2 N–H and O–H groups in total. The molecule has 2 aromatic rings. The lowest BCUT2D eigenvalue weighted by molar-refractivity contribution is 0.412. The summed E-state index contributed by atoms with van der Waals surface area (Å²) >= 11 is 0. The van der Waals surface area contributed by atoms with Gasteiger partial charge in [0.15, 0.2) is 0 Å². The van der Waals surface area contributed by atoms with Gasteiger partial charge in [-0.25, -0.2) is 0 Å². The second kappa shape index (κ2) is 4.23. The number of aryl methyl sites for hydroxylation is 1. The van der Waals surface area contributed by atoms with Crippen LogP contribution < -0.4 is 10.5 Å². The van der Waals surface area contributed by atoms with E-state index in [2.05, 4.69) is 11.1 Å². The predicted octanol–water partition coefficient (Wildman–Crippen LogP) is 2.65. The van der Waals surface area contributed by atoms with E-state index < -0.39 is 0 Å². The molecule has 0 unspecified atom stereocenters. The van der Waals surface area contributed by atoms with E-state index in [0.29, 0.717) is 5.69 Å². The smallest absolute Gasteiger partial charge is 0.121 e. The topological polar surface area (TPSA) is 48.1 Å². The molecule has 0 radical (unpaired) electrons. The molecule has 0 fully saturated rings. The van der Waals surface area contributed by atoms with Crippen molar-refractivity contribution in [2.45, 2.75) is 6.92 Å². The molecule has 0 bridgehead atoms. The molecular formula is C13H14N2O. The lowest BCUT2D eigenvalue weighted by Gasteiger charge is -2.07. The van der Waals surface area contributed by atoms with Crippen molar-refractivity contribution in [1.82, 2.24) is 4.98 Å². The molecule has 1 aromatic heterocycles. The summed E-state index contributed by atoms with van der Waals surface area (Å²) in [4.78, 5) is 4.28. The highest BCUT2D eigenvalue weighted by Crippen LogP contribution is 2.24. The second-order valence-corrected chi connectivity index (χ2v) is 3.66. The van der Waals surface area contributed by atoms with Crippen molar-refractivity contribution in [3.8, 4) is 17.0 Å². The maximum atomic E-state index is 5.60. The van der Waals surface area contributed by atoms with Crippen molar-refractivity contribution in [3.63, 3.8) is 0 Å². The highest BCUT2D eigenvalue weighted by molar-refractivity contribution is 5.63. The van der Waals surface area contributed by atoms with Crippen LogP contribution in [0.2, 0.25) is 0 Å². The number of rotatable bonds is 2. The Morgan fingerprint density at radius 2 is 2.00 bits per heavy atom. The number of aromatic nitrogens is 1. The van der Waals surface area contributed by atoms with Gasteiger partial charge < -0.3 is 10.5 Å². The van der Waals surface area contributed by atoms with E-state index >= 15 is 0 Å². The van der Waals surface area contributed by atoms with Gasteiger partial charge in [0.2, 0.25) is 0 Å². The zero-order valence-corrected chi connectivity index (χ0v) is 9.40. The second-order valence-electron chi connectivity index (χ2n) is 3.66. The molecule has 1 aromatic carbocycles. The lowest BCUT2D eigenvalue weighted by Crippen LogP contribution is -1.90. The summed E-state index contributed by atoms with van der Waals surface area (Å²) in [5.41, 5.74) is 9.35. The number of anilines is 1. The fraction of sp³-hybridized carbons (Fsp3) is 0.154. The first-order valence-corrected chi connectivity index (χ1v) is 5.07. The minimum atomic E-state index is 0.675. The first-order valence-electron chi connectivity index (χ1n) is 5.07. The molecule has 0 saturated heterocycles. The van der Waals surface area contributed by atoms with Gasteiger partial charge in [0.25, 0.3) is 0 Å². The maximum absolute atomic E-state index is 5.60. The average Bonchev–Trinajstić information content (AvgIpc) is 2.30. The molecule has 3 heteroatoms. The molecule has 2 rings (SSSR count). The number of hydrogen-bond donors (Lipinski definition) is 1. The number of nitrogens with zero attached hydrogens (tertiary/aromatic N) is 1. The standard InChI is InChI=1S/C13H14N2O/c1-9-7-10(3-6-13(9)16-2)12-5-4-11(14)8-15-12/h3-8H,14H2,1-2H3. The zero-order chi connectivity index (χ0) is 11.5. The van der Waals surface area contributed by atoms with Crippen LogP contribution in [-0.2, 0) is 0 Å². The van der Waals surface area contributed by atoms with E-state index in [1.54, 1.807) is 13.3 Å². The molecule has 0 aliphatic heterocycles. The third kappa shape index (κ3) is 1.98. The zero-order valence-electron chi connectivity index (χ0n) is 9.40. The Labute approximate surface area is 94.9 Å². The summed E-state index contributed by atoms with van der Waals surface area (Å²) in [6, 6.07) is 9.75. The van der Waals surface area contributed by atoms with E-state index in [0.717, 1.165) is 22.6 Å². The first kappa shape index (κ1) is 10.5.